The molecule has 0 saturated heterocycles. The van der Waals surface area contributed by atoms with Gasteiger partial charge in [-0.1, -0.05) is 91.0 Å². The molecule has 4 aromatic carbocycles. The van der Waals surface area contributed by atoms with Crippen LogP contribution in [0.4, 0.5) is 4.79 Å². The molecule has 1 atom stereocenters. The zero-order valence-corrected chi connectivity index (χ0v) is 17.9. The number of carbonyl (C=O) groups is 2. The Morgan fingerprint density at radius 3 is 2.12 bits per heavy atom. The first-order chi connectivity index (χ1) is 16.1. The molecule has 5 heteroatoms. The van der Waals surface area contributed by atoms with Crippen LogP contribution in [0, 0.1) is 0 Å². The minimum absolute atomic E-state index is 0.0792. The number of carboxylic acids is 1. The van der Waals surface area contributed by atoms with Gasteiger partial charge in [0.25, 0.3) is 0 Å². The normalized spacial score (nSPS) is 13.2. The zero-order valence-electron chi connectivity index (χ0n) is 17.9. The molecule has 0 aromatic heterocycles. The van der Waals surface area contributed by atoms with Gasteiger partial charge < -0.3 is 15.2 Å². The van der Waals surface area contributed by atoms with Crippen LogP contribution < -0.4 is 5.32 Å². The predicted molar refractivity (Wildman–Crippen MR) is 127 cm³/mol. The van der Waals surface area contributed by atoms with E-state index in [-0.39, 0.29) is 18.9 Å². The lowest BCUT2D eigenvalue weighted by Gasteiger charge is -2.18. The number of nitrogens with one attached hydrogen (secondary N) is 1. The van der Waals surface area contributed by atoms with Crippen molar-refractivity contribution in [2.45, 2.75) is 18.4 Å². The summed E-state index contributed by atoms with van der Waals surface area (Å²) in [5, 5.41) is 14.3. The minimum Gasteiger partial charge on any atom is -0.480 e. The Hall–Kier alpha value is -4.12. The van der Waals surface area contributed by atoms with Crippen molar-refractivity contribution in [3.8, 4) is 11.1 Å². The number of carbonyl (C=O) groups excluding carboxylic acids is 1. The third-order valence-electron chi connectivity index (χ3n) is 6.24. The summed E-state index contributed by atoms with van der Waals surface area (Å²) in [6, 6.07) is 28.6. The molecule has 1 aliphatic rings. The summed E-state index contributed by atoms with van der Waals surface area (Å²) < 4.78 is 5.53. The molecule has 2 N–H and O–H groups in total. The number of fused-ring (bicyclic) bond motifs is 4. The van der Waals surface area contributed by atoms with Crippen LogP contribution in [0.3, 0.4) is 0 Å². The largest absolute Gasteiger partial charge is 0.480 e. The molecule has 5 nitrogen and oxygen atoms in total. The molecule has 0 fully saturated rings. The van der Waals surface area contributed by atoms with Gasteiger partial charge in [-0.3, -0.25) is 0 Å². The van der Waals surface area contributed by atoms with Crippen LogP contribution in [0.5, 0.6) is 0 Å². The van der Waals surface area contributed by atoms with Crippen molar-refractivity contribution in [3.05, 3.63) is 108 Å². The van der Waals surface area contributed by atoms with Crippen molar-refractivity contribution in [2.24, 2.45) is 0 Å². The van der Waals surface area contributed by atoms with Gasteiger partial charge in [-0.15, -0.1) is 0 Å². The first-order valence-electron chi connectivity index (χ1n) is 10.9. The number of ether oxygens (including phenoxy) is 1. The highest BCUT2D eigenvalue weighted by Gasteiger charge is 2.29. The van der Waals surface area contributed by atoms with Gasteiger partial charge in [0, 0.05) is 12.3 Å². The summed E-state index contributed by atoms with van der Waals surface area (Å²) in [5.41, 5.74) is 5.36. The van der Waals surface area contributed by atoms with Crippen LogP contribution in [0.1, 0.15) is 22.6 Å². The van der Waals surface area contributed by atoms with Gasteiger partial charge in [-0.05, 0) is 38.6 Å². The van der Waals surface area contributed by atoms with Gasteiger partial charge in [0.15, 0.2) is 0 Å². The molecule has 0 spiro atoms. The van der Waals surface area contributed by atoms with Crippen molar-refractivity contribution in [1.82, 2.24) is 5.32 Å². The van der Waals surface area contributed by atoms with Crippen LogP contribution in [-0.4, -0.2) is 29.8 Å². The Morgan fingerprint density at radius 1 is 0.818 bits per heavy atom. The lowest BCUT2D eigenvalue weighted by molar-refractivity contribution is -0.139. The fraction of sp³-hybridized carbons (Fsp3) is 0.143. The molecular formula is C28H23NO4. The van der Waals surface area contributed by atoms with E-state index in [1.54, 1.807) is 0 Å². The average molecular weight is 437 g/mol. The summed E-state index contributed by atoms with van der Waals surface area (Å²) in [6.45, 7) is 0.139. The van der Waals surface area contributed by atoms with E-state index < -0.39 is 18.1 Å². The Kier molecular flexibility index (Phi) is 5.53. The van der Waals surface area contributed by atoms with Crippen molar-refractivity contribution in [1.29, 1.82) is 0 Å². The first kappa shape index (κ1) is 20.8. The van der Waals surface area contributed by atoms with E-state index in [0.29, 0.717) is 0 Å². The highest BCUT2D eigenvalue weighted by atomic mass is 16.5. The molecule has 0 heterocycles. The molecule has 4 aromatic rings. The second-order valence-corrected chi connectivity index (χ2v) is 8.20. The Bertz CT molecular complexity index is 1300. The molecule has 33 heavy (non-hydrogen) atoms. The van der Waals surface area contributed by atoms with Crippen LogP contribution in [0.15, 0.2) is 91.0 Å². The van der Waals surface area contributed by atoms with Gasteiger partial charge in [0.05, 0.1) is 0 Å². The number of alkyl carbamates (subject to hydrolysis) is 1. The number of rotatable bonds is 6. The summed E-state index contributed by atoms with van der Waals surface area (Å²) in [5.74, 6) is -1.18. The predicted octanol–water partition coefficient (Wildman–Crippen LogP) is 5.37. The Morgan fingerprint density at radius 2 is 1.42 bits per heavy atom. The lowest BCUT2D eigenvalue weighted by Crippen LogP contribution is -2.43. The summed E-state index contributed by atoms with van der Waals surface area (Å²) >= 11 is 0. The lowest BCUT2D eigenvalue weighted by atomic mass is 9.98. The summed E-state index contributed by atoms with van der Waals surface area (Å²) in [7, 11) is 0. The summed E-state index contributed by atoms with van der Waals surface area (Å²) in [6.07, 6.45) is -0.564. The summed E-state index contributed by atoms with van der Waals surface area (Å²) in [4.78, 5) is 24.5. The van der Waals surface area contributed by atoms with Gasteiger partial charge >= 0.3 is 12.1 Å². The molecule has 1 amide bonds. The molecule has 0 aliphatic heterocycles. The fourth-order valence-electron chi connectivity index (χ4n) is 4.67. The fourth-order valence-corrected chi connectivity index (χ4v) is 4.67. The molecule has 164 valence electrons. The minimum atomic E-state index is -1.10. The SMILES string of the molecule is O=C(N[C@H](Cc1cccc2ccccc12)C(=O)O)OCC1c2ccccc2-c2ccccc21. The number of benzene rings is 4. The Balaban J connectivity index is 1.29. The van der Waals surface area contributed by atoms with E-state index in [1.165, 1.54) is 0 Å². The highest BCUT2D eigenvalue weighted by molar-refractivity contribution is 5.87. The van der Waals surface area contributed by atoms with Gasteiger partial charge in [0.2, 0.25) is 0 Å². The molecular weight excluding hydrogens is 414 g/mol. The quantitative estimate of drug-likeness (QED) is 0.425. The second kappa shape index (κ2) is 8.79. The monoisotopic (exact) mass is 437 g/mol. The van der Waals surface area contributed by atoms with Gasteiger partial charge in [-0.2, -0.15) is 0 Å². The third-order valence-corrected chi connectivity index (χ3v) is 6.24. The second-order valence-electron chi connectivity index (χ2n) is 8.20. The van der Waals surface area contributed by atoms with Crippen LogP contribution in [-0.2, 0) is 16.0 Å². The molecule has 0 unspecified atom stereocenters. The van der Waals surface area contributed by atoms with Crippen LogP contribution >= 0.6 is 0 Å². The van der Waals surface area contributed by atoms with E-state index in [9.17, 15) is 14.7 Å². The van der Waals surface area contributed by atoms with E-state index >= 15 is 0 Å². The molecule has 1 aliphatic carbocycles. The smallest absolute Gasteiger partial charge is 0.407 e. The maximum atomic E-state index is 12.6. The van der Waals surface area contributed by atoms with Crippen molar-refractivity contribution in [2.75, 3.05) is 6.61 Å². The van der Waals surface area contributed by atoms with E-state index in [0.717, 1.165) is 38.6 Å². The number of hydrogen-bond donors (Lipinski definition) is 2. The van der Waals surface area contributed by atoms with Crippen LogP contribution in [0.2, 0.25) is 0 Å². The van der Waals surface area contributed by atoms with Crippen molar-refractivity contribution >= 4 is 22.8 Å². The maximum absolute atomic E-state index is 12.6. The standard InChI is InChI=1S/C28H23NO4/c30-27(31)26(16-19-10-7-9-18-8-1-2-11-20(18)19)29-28(32)33-17-25-23-14-5-3-12-21(23)22-13-4-6-15-24(22)25/h1-15,25-26H,16-17H2,(H,29,32)(H,30,31)/t26-/m1/s1. The molecule has 0 saturated carbocycles. The van der Waals surface area contributed by atoms with Crippen LogP contribution in [0.25, 0.3) is 21.9 Å². The highest BCUT2D eigenvalue weighted by Crippen LogP contribution is 2.44. The third kappa shape index (κ3) is 4.05. The molecule has 5 rings (SSSR count). The van der Waals surface area contributed by atoms with Crippen molar-refractivity contribution < 1.29 is 19.4 Å². The van der Waals surface area contributed by atoms with Gasteiger partial charge in [0.1, 0.15) is 12.6 Å². The van der Waals surface area contributed by atoms with E-state index in [1.807, 2.05) is 78.9 Å². The number of hydrogen-bond acceptors (Lipinski definition) is 3. The van der Waals surface area contributed by atoms with Gasteiger partial charge in [-0.25, -0.2) is 9.59 Å². The number of carboxylic acid groups (broad SMARTS) is 1. The van der Waals surface area contributed by atoms with E-state index in [2.05, 4.69) is 17.4 Å². The van der Waals surface area contributed by atoms with E-state index in [4.69, 9.17) is 4.74 Å². The van der Waals surface area contributed by atoms with Crippen molar-refractivity contribution in [3.63, 3.8) is 0 Å². The number of aliphatic carboxylic acids is 1. The average Bonchev–Trinajstić information content (AvgIpc) is 3.16. The Labute approximate surface area is 191 Å². The topological polar surface area (TPSA) is 75.6 Å². The maximum Gasteiger partial charge on any atom is 0.407 e. The first-order valence-corrected chi connectivity index (χ1v) is 10.9. The molecule has 0 bridgehead atoms. The number of amides is 1. The molecule has 0 radical (unpaired) electrons. The zero-order chi connectivity index (χ0) is 22.8.